The molecule has 0 saturated carbocycles. The number of hydrogen-bond acceptors (Lipinski definition) is 3. The molecule has 1 N–H and O–H groups in total. The molecule has 0 bridgehead atoms. The van der Waals surface area contributed by atoms with E-state index in [9.17, 15) is 4.79 Å². The van der Waals surface area contributed by atoms with Crippen molar-refractivity contribution < 1.29 is 4.79 Å². The minimum atomic E-state index is -0.165. The Labute approximate surface area is 143 Å². The maximum absolute atomic E-state index is 12.4. The highest BCUT2D eigenvalue weighted by atomic mass is 16.1. The van der Waals surface area contributed by atoms with Gasteiger partial charge in [0.1, 0.15) is 5.69 Å². The number of pyridine rings is 1. The highest BCUT2D eigenvalue weighted by Crippen LogP contribution is 2.26. The number of rotatable bonds is 4. The van der Waals surface area contributed by atoms with Crippen molar-refractivity contribution in [2.45, 2.75) is 45.6 Å². The smallest absolute Gasteiger partial charge is 0.274 e. The number of anilines is 2. The fourth-order valence-electron chi connectivity index (χ4n) is 3.35. The third-order valence-corrected chi connectivity index (χ3v) is 4.80. The molecule has 4 heteroatoms. The van der Waals surface area contributed by atoms with Crippen molar-refractivity contribution in [1.82, 2.24) is 4.98 Å². The van der Waals surface area contributed by atoms with Gasteiger partial charge in [-0.25, -0.2) is 4.98 Å². The highest BCUT2D eigenvalue weighted by Gasteiger charge is 2.21. The molecule has 126 valence electrons. The Balaban J connectivity index is 1.72. The van der Waals surface area contributed by atoms with Crippen LogP contribution in [-0.2, 0) is 0 Å². The minimum Gasteiger partial charge on any atom is -0.367 e. The van der Waals surface area contributed by atoms with E-state index >= 15 is 0 Å². The van der Waals surface area contributed by atoms with E-state index < -0.39 is 0 Å². The molecule has 1 aromatic carbocycles. The summed E-state index contributed by atoms with van der Waals surface area (Å²) in [4.78, 5) is 19.2. The molecule has 1 amide bonds. The lowest BCUT2D eigenvalue weighted by Gasteiger charge is -2.37. The molecule has 1 atom stereocenters. The molecule has 1 aromatic heterocycles. The highest BCUT2D eigenvalue weighted by molar-refractivity contribution is 6.03. The van der Waals surface area contributed by atoms with Crippen LogP contribution in [0, 0.1) is 6.92 Å². The number of para-hydroxylation sites is 1. The fraction of sp³-hybridized carbons (Fsp3) is 0.400. The predicted molar refractivity (Wildman–Crippen MR) is 98.6 cm³/mol. The van der Waals surface area contributed by atoms with Crippen LogP contribution in [0.25, 0.3) is 0 Å². The molecule has 3 rings (SSSR count). The van der Waals surface area contributed by atoms with Crippen LogP contribution in [0.1, 0.15) is 48.7 Å². The van der Waals surface area contributed by atoms with Crippen LogP contribution in [0.5, 0.6) is 0 Å². The van der Waals surface area contributed by atoms with Crippen LogP contribution in [0.3, 0.4) is 0 Å². The Hall–Kier alpha value is -2.36. The molecule has 1 aliphatic rings. The van der Waals surface area contributed by atoms with Crippen LogP contribution >= 0.6 is 0 Å². The van der Waals surface area contributed by atoms with E-state index in [1.54, 1.807) is 0 Å². The van der Waals surface area contributed by atoms with Crippen molar-refractivity contribution in [3.05, 3.63) is 53.9 Å². The predicted octanol–water partition coefficient (Wildman–Crippen LogP) is 4.41. The van der Waals surface area contributed by atoms with Gasteiger partial charge in [-0.2, -0.15) is 0 Å². The van der Waals surface area contributed by atoms with Gasteiger partial charge in [0.05, 0.1) is 11.9 Å². The van der Waals surface area contributed by atoms with E-state index in [1.807, 2.05) is 49.5 Å². The van der Waals surface area contributed by atoms with Gasteiger partial charge in [0.2, 0.25) is 0 Å². The van der Waals surface area contributed by atoms with Crippen LogP contribution < -0.4 is 10.2 Å². The van der Waals surface area contributed by atoms with Crippen molar-refractivity contribution in [3.63, 3.8) is 0 Å². The molecule has 1 unspecified atom stereocenters. The maximum Gasteiger partial charge on any atom is 0.274 e. The zero-order valence-corrected chi connectivity index (χ0v) is 14.5. The Morgan fingerprint density at radius 2 is 2.08 bits per heavy atom. The van der Waals surface area contributed by atoms with Gasteiger partial charge in [0.25, 0.3) is 5.91 Å². The summed E-state index contributed by atoms with van der Waals surface area (Å²) in [6, 6.07) is 12.2. The lowest BCUT2D eigenvalue weighted by atomic mass is 9.99. The second kappa shape index (κ2) is 7.47. The molecule has 2 heterocycles. The van der Waals surface area contributed by atoms with E-state index in [-0.39, 0.29) is 5.91 Å². The van der Waals surface area contributed by atoms with E-state index in [2.05, 4.69) is 22.1 Å². The van der Waals surface area contributed by atoms with Gasteiger partial charge in [0, 0.05) is 18.3 Å². The SMILES string of the molecule is CCC1CCCCN1c1ccc(C(=O)Nc2ccccc2C)nc1. The van der Waals surface area contributed by atoms with E-state index in [0.717, 1.165) is 29.9 Å². The molecule has 0 radical (unpaired) electrons. The number of nitrogens with one attached hydrogen (secondary N) is 1. The van der Waals surface area contributed by atoms with E-state index in [1.165, 1.54) is 19.3 Å². The van der Waals surface area contributed by atoms with Gasteiger partial charge in [-0.05, 0) is 56.4 Å². The second-order valence-corrected chi connectivity index (χ2v) is 6.42. The summed E-state index contributed by atoms with van der Waals surface area (Å²) < 4.78 is 0. The topological polar surface area (TPSA) is 45.2 Å². The van der Waals surface area contributed by atoms with Crippen molar-refractivity contribution in [1.29, 1.82) is 0 Å². The van der Waals surface area contributed by atoms with E-state index in [4.69, 9.17) is 0 Å². The zero-order valence-electron chi connectivity index (χ0n) is 14.5. The van der Waals surface area contributed by atoms with Crippen LogP contribution in [0.15, 0.2) is 42.6 Å². The normalized spacial score (nSPS) is 17.6. The largest absolute Gasteiger partial charge is 0.367 e. The molecular weight excluding hydrogens is 298 g/mol. The fourth-order valence-corrected chi connectivity index (χ4v) is 3.35. The average molecular weight is 323 g/mol. The summed E-state index contributed by atoms with van der Waals surface area (Å²) in [5, 5.41) is 2.93. The zero-order chi connectivity index (χ0) is 16.9. The number of aryl methyl sites for hydroxylation is 1. The molecule has 4 nitrogen and oxygen atoms in total. The summed E-state index contributed by atoms with van der Waals surface area (Å²) in [6.07, 6.45) is 6.76. The Kier molecular flexibility index (Phi) is 5.14. The van der Waals surface area contributed by atoms with Gasteiger partial charge in [-0.1, -0.05) is 25.1 Å². The first-order valence-corrected chi connectivity index (χ1v) is 8.78. The van der Waals surface area contributed by atoms with Gasteiger partial charge >= 0.3 is 0 Å². The number of carbonyl (C=O) groups excluding carboxylic acids is 1. The summed E-state index contributed by atoms with van der Waals surface area (Å²) in [5.74, 6) is -0.165. The van der Waals surface area contributed by atoms with Crippen LogP contribution in [0.4, 0.5) is 11.4 Å². The minimum absolute atomic E-state index is 0.165. The number of hydrogen-bond donors (Lipinski definition) is 1. The van der Waals surface area contributed by atoms with Crippen molar-refractivity contribution in [3.8, 4) is 0 Å². The van der Waals surface area contributed by atoms with Crippen molar-refractivity contribution in [2.24, 2.45) is 0 Å². The number of aromatic nitrogens is 1. The number of amides is 1. The lowest BCUT2D eigenvalue weighted by Crippen LogP contribution is -2.39. The van der Waals surface area contributed by atoms with Crippen molar-refractivity contribution >= 4 is 17.3 Å². The van der Waals surface area contributed by atoms with E-state index in [0.29, 0.717) is 11.7 Å². The third-order valence-electron chi connectivity index (χ3n) is 4.80. The summed E-state index contributed by atoms with van der Waals surface area (Å²) in [5.41, 5.74) is 3.44. The molecule has 2 aromatic rings. The number of carbonyl (C=O) groups is 1. The number of nitrogens with zero attached hydrogens (tertiary/aromatic N) is 2. The van der Waals surface area contributed by atoms with Gasteiger partial charge in [-0.3, -0.25) is 4.79 Å². The number of piperidine rings is 1. The molecule has 0 spiro atoms. The monoisotopic (exact) mass is 323 g/mol. The summed E-state index contributed by atoms with van der Waals surface area (Å²) in [6.45, 7) is 5.29. The first-order chi connectivity index (χ1) is 11.7. The van der Waals surface area contributed by atoms with Gasteiger partial charge in [-0.15, -0.1) is 0 Å². The van der Waals surface area contributed by atoms with Crippen LogP contribution in [0.2, 0.25) is 0 Å². The molecule has 24 heavy (non-hydrogen) atoms. The lowest BCUT2D eigenvalue weighted by molar-refractivity contribution is 0.102. The van der Waals surface area contributed by atoms with Gasteiger partial charge in [0.15, 0.2) is 0 Å². The van der Waals surface area contributed by atoms with Crippen molar-refractivity contribution in [2.75, 3.05) is 16.8 Å². The molecule has 1 aliphatic heterocycles. The quantitative estimate of drug-likeness (QED) is 0.906. The van der Waals surface area contributed by atoms with Gasteiger partial charge < -0.3 is 10.2 Å². The molecular formula is C20H25N3O. The molecule has 0 aliphatic carbocycles. The Bertz CT molecular complexity index is 696. The molecule has 1 saturated heterocycles. The second-order valence-electron chi connectivity index (χ2n) is 6.42. The van der Waals surface area contributed by atoms with Crippen LogP contribution in [-0.4, -0.2) is 23.5 Å². The first-order valence-electron chi connectivity index (χ1n) is 8.78. The average Bonchev–Trinajstić information content (AvgIpc) is 2.63. The number of benzene rings is 1. The summed E-state index contributed by atoms with van der Waals surface area (Å²) >= 11 is 0. The Morgan fingerprint density at radius 1 is 1.25 bits per heavy atom. The third kappa shape index (κ3) is 3.58. The summed E-state index contributed by atoms with van der Waals surface area (Å²) in [7, 11) is 0. The molecule has 1 fully saturated rings. The Morgan fingerprint density at radius 3 is 2.79 bits per heavy atom. The first kappa shape index (κ1) is 16.5. The maximum atomic E-state index is 12.4. The standard InChI is InChI=1S/C20H25N3O/c1-3-16-9-6-7-13-23(16)17-11-12-19(21-14-17)20(24)22-18-10-5-4-8-15(18)2/h4-5,8,10-12,14,16H,3,6-7,9,13H2,1-2H3,(H,22,24).